The molecule has 0 aromatic carbocycles. The van der Waals surface area contributed by atoms with Gasteiger partial charge in [0.1, 0.15) is 0 Å². The second-order valence-corrected chi connectivity index (χ2v) is 11.4. The van der Waals surface area contributed by atoms with Crippen molar-refractivity contribution in [3.05, 3.63) is 21.0 Å². The van der Waals surface area contributed by atoms with E-state index >= 15 is 0 Å². The Kier molecular flexibility index (Phi) is 8.00. The maximum absolute atomic E-state index is 2.67. The molecule has 1 aliphatic heterocycles. The summed E-state index contributed by atoms with van der Waals surface area (Å²) in [4.78, 5) is 2.67. The number of hydrogen-bond donors (Lipinski definition) is 0. The molecule has 0 aromatic heterocycles. The molecule has 17 heavy (non-hydrogen) atoms. The van der Waals surface area contributed by atoms with Crippen molar-refractivity contribution in [3.8, 4) is 0 Å². The van der Waals surface area contributed by atoms with Crippen molar-refractivity contribution in [2.45, 2.75) is 77.4 Å². The van der Waals surface area contributed by atoms with E-state index in [1.165, 1.54) is 51.4 Å². The summed E-state index contributed by atoms with van der Waals surface area (Å²) in [7, 11) is 0. The predicted octanol–water partition coefficient (Wildman–Crippen LogP) is 5.34. The van der Waals surface area contributed by atoms with Crippen molar-refractivity contribution < 1.29 is 0 Å². The van der Waals surface area contributed by atoms with E-state index in [1.807, 2.05) is 4.41 Å². The average molecular weight is 295 g/mol. The Morgan fingerprint density at radius 1 is 0.882 bits per heavy atom. The predicted molar refractivity (Wildman–Crippen MR) is 82.1 cm³/mol. The summed E-state index contributed by atoms with van der Waals surface area (Å²) >= 11 is -1.15. The summed E-state index contributed by atoms with van der Waals surface area (Å²) in [5, 5.41) is 1.56. The van der Waals surface area contributed by atoms with Crippen molar-refractivity contribution >= 4 is 14.3 Å². The van der Waals surface area contributed by atoms with Gasteiger partial charge in [0, 0.05) is 0 Å². The summed E-state index contributed by atoms with van der Waals surface area (Å²) < 4.78 is 1.97. The Balaban J connectivity index is 2.59. The van der Waals surface area contributed by atoms with Crippen LogP contribution in [-0.2, 0) is 0 Å². The third-order valence-electron chi connectivity index (χ3n) is 3.86. The van der Waals surface area contributed by atoms with Crippen LogP contribution in [0.3, 0.4) is 0 Å². The average Bonchev–Trinajstić information content (AvgIpc) is 2.73. The standard InChI is InChI=1S/C16H30Ge/c1-4-7-10-15-12-14-17(13-9-6-3)16(15)11-8-5-2/h12,14,17H,4-11,13H2,1-3H3. The number of rotatable bonds is 9. The molecule has 0 radical (unpaired) electrons. The van der Waals surface area contributed by atoms with E-state index in [4.69, 9.17) is 0 Å². The van der Waals surface area contributed by atoms with Crippen molar-refractivity contribution in [2.75, 3.05) is 0 Å². The minimum absolute atomic E-state index is 1.15. The first-order valence-electron chi connectivity index (χ1n) is 7.73. The molecule has 0 aliphatic carbocycles. The minimum atomic E-state index is -1.15. The quantitative estimate of drug-likeness (QED) is 0.504. The van der Waals surface area contributed by atoms with Gasteiger partial charge in [-0.3, -0.25) is 0 Å². The molecular formula is C16H30Ge. The van der Waals surface area contributed by atoms with E-state index in [0.29, 0.717) is 0 Å². The normalized spacial score (nSPS) is 19.4. The van der Waals surface area contributed by atoms with Gasteiger partial charge in [-0.05, 0) is 0 Å². The van der Waals surface area contributed by atoms with Crippen LogP contribution in [0.2, 0.25) is 5.25 Å². The van der Waals surface area contributed by atoms with Crippen LogP contribution in [0.15, 0.2) is 21.0 Å². The van der Waals surface area contributed by atoms with Crippen LogP contribution >= 0.6 is 0 Å². The van der Waals surface area contributed by atoms with Crippen LogP contribution in [-0.4, -0.2) is 14.3 Å². The van der Waals surface area contributed by atoms with Crippen LogP contribution in [0.4, 0.5) is 0 Å². The Morgan fingerprint density at radius 2 is 1.53 bits per heavy atom. The molecule has 0 spiro atoms. The van der Waals surface area contributed by atoms with E-state index in [2.05, 4.69) is 31.8 Å². The zero-order chi connectivity index (χ0) is 12.5. The molecule has 98 valence electrons. The zero-order valence-electron chi connectivity index (χ0n) is 12.1. The van der Waals surface area contributed by atoms with Crippen molar-refractivity contribution in [1.29, 1.82) is 0 Å². The molecule has 0 fully saturated rings. The first-order chi connectivity index (χ1) is 8.33. The molecule has 1 heterocycles. The molecule has 1 rings (SSSR count). The van der Waals surface area contributed by atoms with Gasteiger partial charge in [-0.2, -0.15) is 0 Å². The topological polar surface area (TPSA) is 0 Å². The van der Waals surface area contributed by atoms with Gasteiger partial charge in [0.05, 0.1) is 0 Å². The summed E-state index contributed by atoms with van der Waals surface area (Å²) in [5.41, 5.74) is 1.77. The molecule has 0 saturated carbocycles. The second kappa shape index (κ2) is 9.02. The first kappa shape index (κ1) is 15.1. The number of allylic oxidation sites excluding steroid dienone is 3. The molecule has 0 aromatic rings. The van der Waals surface area contributed by atoms with Gasteiger partial charge in [-0.1, -0.05) is 0 Å². The Bertz CT molecular complexity index is 263. The van der Waals surface area contributed by atoms with E-state index in [1.54, 1.807) is 10.8 Å². The van der Waals surface area contributed by atoms with Gasteiger partial charge in [0.25, 0.3) is 0 Å². The Morgan fingerprint density at radius 3 is 2.18 bits per heavy atom. The van der Waals surface area contributed by atoms with Gasteiger partial charge in [-0.15, -0.1) is 0 Å². The number of hydrogen-bond acceptors (Lipinski definition) is 0. The van der Waals surface area contributed by atoms with Gasteiger partial charge < -0.3 is 0 Å². The SMILES string of the molecule is CCCCC1=[C](CCCC)[GeH]([CH2]CCC)[CH]=C1. The third kappa shape index (κ3) is 5.03. The molecule has 0 amide bonds. The van der Waals surface area contributed by atoms with E-state index in [9.17, 15) is 0 Å². The molecule has 0 saturated heterocycles. The van der Waals surface area contributed by atoms with Gasteiger partial charge in [-0.25, -0.2) is 0 Å². The Hall–Kier alpha value is 0.0229. The van der Waals surface area contributed by atoms with Crippen molar-refractivity contribution in [3.63, 3.8) is 0 Å². The summed E-state index contributed by atoms with van der Waals surface area (Å²) in [6, 6.07) is 0. The zero-order valence-corrected chi connectivity index (χ0v) is 14.5. The van der Waals surface area contributed by atoms with Crippen LogP contribution in [0.25, 0.3) is 0 Å². The molecule has 0 nitrogen and oxygen atoms in total. The number of unbranched alkanes of at least 4 members (excludes halogenated alkanes) is 3. The van der Waals surface area contributed by atoms with E-state index in [0.717, 1.165) is 0 Å². The molecular weight excluding hydrogens is 265 g/mol. The van der Waals surface area contributed by atoms with E-state index < -0.39 is 14.3 Å². The van der Waals surface area contributed by atoms with Gasteiger partial charge >= 0.3 is 113 Å². The Labute approximate surface area is 113 Å². The maximum atomic E-state index is 2.67. The molecule has 1 unspecified atom stereocenters. The molecule has 0 bridgehead atoms. The summed E-state index contributed by atoms with van der Waals surface area (Å²) in [6.45, 7) is 6.96. The molecule has 0 N–H and O–H groups in total. The van der Waals surface area contributed by atoms with Crippen LogP contribution in [0.1, 0.15) is 72.1 Å². The fourth-order valence-electron chi connectivity index (χ4n) is 2.71. The van der Waals surface area contributed by atoms with Crippen LogP contribution < -0.4 is 0 Å². The monoisotopic (exact) mass is 296 g/mol. The second-order valence-electron chi connectivity index (χ2n) is 5.37. The molecule has 1 atom stereocenters. The van der Waals surface area contributed by atoms with Crippen molar-refractivity contribution in [2.24, 2.45) is 0 Å². The van der Waals surface area contributed by atoms with Crippen molar-refractivity contribution in [1.82, 2.24) is 0 Å². The van der Waals surface area contributed by atoms with E-state index in [-0.39, 0.29) is 0 Å². The summed E-state index contributed by atoms with van der Waals surface area (Å²) in [5.74, 6) is 0. The first-order valence-corrected chi connectivity index (χ1v) is 12.1. The fourth-order valence-corrected chi connectivity index (χ4v) is 9.80. The fraction of sp³-hybridized carbons (Fsp3) is 0.750. The third-order valence-corrected chi connectivity index (χ3v) is 10.7. The van der Waals surface area contributed by atoms with Gasteiger partial charge in [0.2, 0.25) is 0 Å². The molecule has 1 aliphatic rings. The van der Waals surface area contributed by atoms with Crippen LogP contribution in [0, 0.1) is 0 Å². The van der Waals surface area contributed by atoms with Gasteiger partial charge in [0.15, 0.2) is 0 Å². The van der Waals surface area contributed by atoms with Crippen LogP contribution in [0.5, 0.6) is 0 Å². The summed E-state index contributed by atoms with van der Waals surface area (Å²) in [6.07, 6.45) is 13.6. The molecule has 1 heteroatoms.